The summed E-state index contributed by atoms with van der Waals surface area (Å²) in [5.74, 6) is 2.92. The number of nitrogen functional groups attached to an aromatic ring is 1. The highest BCUT2D eigenvalue weighted by Gasteiger charge is 2.26. The van der Waals surface area contributed by atoms with Gasteiger partial charge in [-0.3, -0.25) is 0 Å². The number of fused-ring (bicyclic) bond motifs is 3. The van der Waals surface area contributed by atoms with Gasteiger partial charge >= 0.3 is 6.09 Å². The van der Waals surface area contributed by atoms with Gasteiger partial charge in [-0.15, -0.1) is 11.3 Å². The van der Waals surface area contributed by atoms with E-state index in [-0.39, 0.29) is 0 Å². The van der Waals surface area contributed by atoms with Crippen molar-refractivity contribution in [2.45, 2.75) is 90.7 Å². The maximum absolute atomic E-state index is 11.6. The Balaban J connectivity index is 0.811. The van der Waals surface area contributed by atoms with E-state index in [1.807, 2.05) is 32.1 Å². The lowest BCUT2D eigenvalue weighted by atomic mass is 9.95. The number of rotatable bonds is 33. The molecule has 65 heavy (non-hydrogen) atoms. The van der Waals surface area contributed by atoms with Crippen LogP contribution in [0.15, 0.2) is 6.07 Å². The maximum atomic E-state index is 11.6. The predicted octanol–water partition coefficient (Wildman–Crippen LogP) is 5.75. The fraction of sp³-hybridized carbons (Fsp3) is 0.809. The Kier molecular flexibility index (Phi) is 24.5. The monoisotopic (exact) mass is 936 g/mol. The minimum absolute atomic E-state index is 0.384. The van der Waals surface area contributed by atoms with Gasteiger partial charge < -0.3 is 68.0 Å². The number of aryl methyl sites for hydroxylation is 1. The summed E-state index contributed by atoms with van der Waals surface area (Å²) in [7, 11) is 2.22. The first-order valence-electron chi connectivity index (χ1n) is 24.2. The van der Waals surface area contributed by atoms with Crippen molar-refractivity contribution in [3.63, 3.8) is 0 Å². The number of hydrogen-bond donors (Lipinski definition) is 2. The van der Waals surface area contributed by atoms with E-state index in [0.717, 1.165) is 88.2 Å². The molecule has 2 aliphatic heterocycles. The number of aromatic nitrogens is 3. The highest BCUT2D eigenvalue weighted by molar-refractivity contribution is 7.20. The molecule has 3 aromatic heterocycles. The number of nitrogens with zero attached hydrogens (tertiary/aromatic N) is 5. The van der Waals surface area contributed by atoms with Crippen molar-refractivity contribution in [2.75, 3.05) is 158 Å². The summed E-state index contributed by atoms with van der Waals surface area (Å²) in [6.45, 7) is 22.6. The molecule has 0 aliphatic carbocycles. The Morgan fingerprint density at radius 1 is 0.754 bits per heavy atom. The van der Waals surface area contributed by atoms with E-state index in [1.54, 1.807) is 0 Å². The van der Waals surface area contributed by atoms with Crippen LogP contribution in [0.4, 0.5) is 10.6 Å². The molecule has 0 spiro atoms. The smallest absolute Gasteiger partial charge is 0.407 e. The molecule has 0 unspecified atom stereocenters. The summed E-state index contributed by atoms with van der Waals surface area (Å²) in [5.41, 5.74) is 9.24. The van der Waals surface area contributed by atoms with Gasteiger partial charge in [-0.25, -0.2) is 14.8 Å². The molecule has 3 aromatic rings. The fourth-order valence-electron chi connectivity index (χ4n) is 7.99. The van der Waals surface area contributed by atoms with Crippen LogP contribution < -0.4 is 11.1 Å². The van der Waals surface area contributed by atoms with E-state index in [4.69, 9.17) is 58.3 Å². The van der Waals surface area contributed by atoms with Gasteiger partial charge in [0.1, 0.15) is 16.9 Å². The third-order valence-corrected chi connectivity index (χ3v) is 12.9. The number of imidazole rings is 1. The standard InChI is InChI=1S/C47H81N7O10S/c1-6-7-8-41-51-42-43(44-39(50-45(42)48)35-40(65-44)38-11-14-52(5)15-12-38)54(41)36-37-9-16-53(17-10-37)18-20-57-22-24-59-26-28-61-30-32-63-34-33-62-31-29-60-27-25-58-23-21-56-19-13-49-46(55)64-47(2,3)4/h35,37-38H,6-34,36H2,1-5H3,(H2,48,50)(H,49,55). The zero-order valence-corrected chi connectivity index (χ0v) is 41.1. The number of thiophene rings is 1. The van der Waals surface area contributed by atoms with Crippen LogP contribution in [0.25, 0.3) is 21.3 Å². The summed E-state index contributed by atoms with van der Waals surface area (Å²) in [6.07, 6.45) is 7.51. The van der Waals surface area contributed by atoms with Gasteiger partial charge in [0.15, 0.2) is 5.82 Å². The third-order valence-electron chi connectivity index (χ3n) is 11.6. The first-order chi connectivity index (χ1) is 31.6. The Morgan fingerprint density at radius 3 is 1.80 bits per heavy atom. The second-order valence-corrected chi connectivity index (χ2v) is 19.1. The highest BCUT2D eigenvalue weighted by atomic mass is 32.1. The summed E-state index contributed by atoms with van der Waals surface area (Å²) in [4.78, 5) is 28.0. The van der Waals surface area contributed by atoms with Crippen LogP contribution in [-0.2, 0) is 55.6 Å². The van der Waals surface area contributed by atoms with E-state index < -0.39 is 11.7 Å². The molecule has 3 N–H and O–H groups in total. The number of unbranched alkanes of at least 4 members (excludes halogenated alkanes) is 1. The summed E-state index contributed by atoms with van der Waals surface area (Å²) < 4.78 is 53.7. The number of anilines is 1. The second-order valence-electron chi connectivity index (χ2n) is 18.0. The van der Waals surface area contributed by atoms with Crippen LogP contribution in [0.3, 0.4) is 0 Å². The molecule has 2 aliphatic rings. The van der Waals surface area contributed by atoms with Crippen LogP contribution in [-0.4, -0.2) is 188 Å². The van der Waals surface area contributed by atoms with Gasteiger partial charge in [0.05, 0.1) is 121 Å². The SMILES string of the molecule is CCCCc1nc2c(N)nc3cc(C4CCN(C)CC4)sc3c2n1CC1CCN(CCOCCOCCOCCOCCOCCOCCOCCOCCNC(=O)OC(C)(C)C)CC1. The molecule has 370 valence electrons. The second kappa shape index (κ2) is 29.9. The number of amides is 1. The van der Waals surface area contributed by atoms with Crippen molar-refractivity contribution in [3.8, 4) is 0 Å². The summed E-state index contributed by atoms with van der Waals surface area (Å²) in [5, 5.41) is 2.64. The van der Waals surface area contributed by atoms with Crippen molar-refractivity contribution in [2.24, 2.45) is 5.92 Å². The van der Waals surface area contributed by atoms with Gasteiger partial charge in [0, 0.05) is 30.9 Å². The Labute approximate surface area is 391 Å². The lowest BCUT2D eigenvalue weighted by Crippen LogP contribution is -2.37. The zero-order valence-electron chi connectivity index (χ0n) is 40.2. The van der Waals surface area contributed by atoms with Crippen molar-refractivity contribution in [1.29, 1.82) is 0 Å². The number of piperidine rings is 2. The van der Waals surface area contributed by atoms with Gasteiger partial charge in [0.2, 0.25) is 0 Å². The number of carbonyl (C=O) groups is 1. The van der Waals surface area contributed by atoms with E-state index in [0.29, 0.717) is 130 Å². The van der Waals surface area contributed by atoms with Crippen molar-refractivity contribution >= 4 is 44.5 Å². The number of nitrogens with one attached hydrogen (secondary N) is 1. The maximum Gasteiger partial charge on any atom is 0.407 e. The molecule has 17 nitrogen and oxygen atoms in total. The Bertz CT molecular complexity index is 1760. The van der Waals surface area contributed by atoms with Crippen LogP contribution >= 0.6 is 11.3 Å². The molecule has 0 saturated carbocycles. The lowest BCUT2D eigenvalue weighted by molar-refractivity contribution is -0.0235. The number of nitrogens with two attached hydrogens (primary N) is 1. The third kappa shape index (κ3) is 19.8. The number of carbonyl (C=O) groups excluding carboxylic acids is 1. The molecule has 5 rings (SSSR count). The number of pyridine rings is 1. The molecule has 1 amide bonds. The van der Waals surface area contributed by atoms with E-state index in [2.05, 4.69) is 39.7 Å². The van der Waals surface area contributed by atoms with Crippen LogP contribution in [0.5, 0.6) is 0 Å². The molecule has 0 aromatic carbocycles. The Hall–Kier alpha value is -2.75. The number of ether oxygens (including phenoxy) is 9. The Morgan fingerprint density at radius 2 is 1.28 bits per heavy atom. The largest absolute Gasteiger partial charge is 0.444 e. The van der Waals surface area contributed by atoms with Gasteiger partial charge in [0.25, 0.3) is 0 Å². The number of likely N-dealkylation sites (tertiary alicyclic amines) is 2. The van der Waals surface area contributed by atoms with Crippen LogP contribution in [0.1, 0.15) is 82.8 Å². The van der Waals surface area contributed by atoms with Gasteiger partial charge in [-0.05, 0) is 104 Å². The summed E-state index contributed by atoms with van der Waals surface area (Å²) >= 11 is 1.93. The molecular formula is C47H81N7O10S. The average Bonchev–Trinajstić information content (AvgIpc) is 3.87. The zero-order chi connectivity index (χ0) is 46.1. The number of alkyl carbamates (subject to hydrolysis) is 1. The van der Waals surface area contributed by atoms with Crippen molar-refractivity contribution < 1.29 is 47.4 Å². The quantitative estimate of drug-likeness (QED) is 0.0706. The molecule has 0 atom stereocenters. The minimum atomic E-state index is -0.514. The van der Waals surface area contributed by atoms with Crippen molar-refractivity contribution in [1.82, 2.24) is 29.7 Å². The normalized spacial score (nSPS) is 16.1. The summed E-state index contributed by atoms with van der Waals surface area (Å²) in [6, 6.07) is 2.31. The van der Waals surface area contributed by atoms with E-state index >= 15 is 0 Å². The first kappa shape index (κ1) is 53.2. The highest BCUT2D eigenvalue weighted by Crippen LogP contribution is 2.40. The predicted molar refractivity (Wildman–Crippen MR) is 255 cm³/mol. The molecular weight excluding hydrogens is 855 g/mol. The van der Waals surface area contributed by atoms with E-state index in [9.17, 15) is 4.79 Å². The minimum Gasteiger partial charge on any atom is -0.444 e. The molecule has 0 radical (unpaired) electrons. The van der Waals surface area contributed by atoms with Gasteiger partial charge in [-0.1, -0.05) is 13.3 Å². The molecule has 0 bridgehead atoms. The van der Waals surface area contributed by atoms with Crippen molar-refractivity contribution in [3.05, 3.63) is 16.8 Å². The van der Waals surface area contributed by atoms with Gasteiger partial charge in [-0.2, -0.15) is 0 Å². The number of hydrogen-bond acceptors (Lipinski definition) is 16. The van der Waals surface area contributed by atoms with Crippen LogP contribution in [0.2, 0.25) is 0 Å². The first-order valence-corrected chi connectivity index (χ1v) is 25.0. The molecule has 2 saturated heterocycles. The van der Waals surface area contributed by atoms with E-state index in [1.165, 1.54) is 27.9 Å². The molecule has 2 fully saturated rings. The van der Waals surface area contributed by atoms with Crippen LogP contribution in [0, 0.1) is 5.92 Å². The average molecular weight is 936 g/mol. The fourth-order valence-corrected chi connectivity index (χ4v) is 9.31. The molecule has 18 heteroatoms. The topological polar surface area (TPSA) is 175 Å². The molecule has 5 heterocycles. The lowest BCUT2D eigenvalue weighted by Gasteiger charge is -2.32.